The first-order valence-corrected chi connectivity index (χ1v) is 3.82. The van der Waals surface area contributed by atoms with Crippen LogP contribution in [-0.2, 0) is 9.53 Å². The van der Waals surface area contributed by atoms with Crippen molar-refractivity contribution in [3.63, 3.8) is 0 Å². The highest BCUT2D eigenvalue weighted by Crippen LogP contribution is 1.91. The van der Waals surface area contributed by atoms with Crippen LogP contribution in [0.5, 0.6) is 0 Å². The van der Waals surface area contributed by atoms with Gasteiger partial charge in [0.2, 0.25) is 5.91 Å². The predicted molar refractivity (Wildman–Crippen MR) is 44.3 cm³/mol. The summed E-state index contributed by atoms with van der Waals surface area (Å²) in [6.45, 7) is 3.85. The average Bonchev–Trinajstić information content (AvgIpc) is 2.11. The zero-order chi connectivity index (χ0) is 9.56. The van der Waals surface area contributed by atoms with Gasteiger partial charge in [0.25, 0.3) is 0 Å². The van der Waals surface area contributed by atoms with Crippen molar-refractivity contribution < 1.29 is 9.53 Å². The normalized spacial score (nSPS) is 14.5. The molecule has 0 aromatic rings. The Hall–Kier alpha value is -1.08. The van der Waals surface area contributed by atoms with E-state index in [1.165, 1.54) is 0 Å². The predicted octanol–water partition coefficient (Wildman–Crippen LogP) is 0.297. The van der Waals surface area contributed by atoms with Crippen molar-refractivity contribution in [2.45, 2.75) is 20.0 Å². The van der Waals surface area contributed by atoms with Crippen LogP contribution in [0.1, 0.15) is 13.8 Å². The molecule has 0 fully saturated rings. The molecule has 0 aliphatic carbocycles. The molecular weight excluding hydrogens is 156 g/mol. The molecule has 1 amide bonds. The minimum absolute atomic E-state index is 0.0140. The number of nitrogens with zero attached hydrogens (tertiary/aromatic N) is 1. The molecule has 1 N–H and O–H groups in total. The van der Waals surface area contributed by atoms with Crippen molar-refractivity contribution in [2.75, 3.05) is 13.7 Å². The number of hydrogen-bond donors (Lipinski definition) is 1. The van der Waals surface area contributed by atoms with Crippen LogP contribution >= 0.6 is 0 Å². The second-order valence-corrected chi connectivity index (χ2v) is 2.64. The summed E-state index contributed by atoms with van der Waals surface area (Å²) in [5.74, 6) is -0.838. The number of nitrogens with one attached hydrogen (secondary N) is 1. The van der Waals surface area contributed by atoms with E-state index in [1.807, 2.05) is 13.0 Å². The molecule has 2 unspecified atom stereocenters. The fourth-order valence-corrected chi connectivity index (χ4v) is 0.539. The highest BCUT2D eigenvalue weighted by atomic mass is 16.5. The third-order valence-corrected chi connectivity index (χ3v) is 1.55. The third-order valence-electron chi connectivity index (χ3n) is 1.55. The van der Waals surface area contributed by atoms with Gasteiger partial charge in [0, 0.05) is 13.7 Å². The second kappa shape index (κ2) is 5.56. The number of carbonyl (C=O) groups is 1. The fourth-order valence-electron chi connectivity index (χ4n) is 0.539. The van der Waals surface area contributed by atoms with E-state index in [1.54, 1.807) is 14.0 Å². The lowest BCUT2D eigenvalue weighted by Crippen LogP contribution is -2.34. The summed E-state index contributed by atoms with van der Waals surface area (Å²) >= 11 is 0. The number of methoxy groups -OCH3 is 1. The van der Waals surface area contributed by atoms with Crippen LogP contribution in [0.4, 0.5) is 0 Å². The lowest BCUT2D eigenvalue weighted by molar-refractivity contribution is -0.123. The topological polar surface area (TPSA) is 62.1 Å². The van der Waals surface area contributed by atoms with Gasteiger partial charge in [-0.25, -0.2) is 0 Å². The molecule has 0 aliphatic rings. The summed E-state index contributed by atoms with van der Waals surface area (Å²) in [5.41, 5.74) is 0. The van der Waals surface area contributed by atoms with Crippen molar-refractivity contribution in [1.82, 2.24) is 5.32 Å². The van der Waals surface area contributed by atoms with Gasteiger partial charge in [-0.05, 0) is 13.8 Å². The maximum absolute atomic E-state index is 11.0. The van der Waals surface area contributed by atoms with Crippen LogP contribution in [0.15, 0.2) is 0 Å². The first-order valence-electron chi connectivity index (χ1n) is 3.82. The smallest absolute Gasteiger partial charge is 0.237 e. The summed E-state index contributed by atoms with van der Waals surface area (Å²) in [7, 11) is 1.57. The van der Waals surface area contributed by atoms with Crippen molar-refractivity contribution >= 4 is 5.91 Å². The standard InChI is InChI=1S/C8H14N2O2/c1-6(4-9)8(11)10-5-7(2)12-3/h6-7H,5H2,1-3H3,(H,10,11). The summed E-state index contributed by atoms with van der Waals surface area (Å²) in [5, 5.41) is 11.0. The highest BCUT2D eigenvalue weighted by Gasteiger charge is 2.11. The number of hydrogen-bond acceptors (Lipinski definition) is 3. The molecule has 4 heteroatoms. The maximum atomic E-state index is 11.0. The van der Waals surface area contributed by atoms with Crippen molar-refractivity contribution in [3.05, 3.63) is 0 Å². The second-order valence-electron chi connectivity index (χ2n) is 2.64. The molecule has 12 heavy (non-hydrogen) atoms. The van der Waals surface area contributed by atoms with Crippen LogP contribution in [0.2, 0.25) is 0 Å². The van der Waals surface area contributed by atoms with Crippen molar-refractivity contribution in [1.29, 1.82) is 5.26 Å². The van der Waals surface area contributed by atoms with Crippen LogP contribution in [0.3, 0.4) is 0 Å². The average molecular weight is 170 g/mol. The lowest BCUT2D eigenvalue weighted by atomic mass is 10.2. The summed E-state index contributed by atoms with van der Waals surface area (Å²) in [6, 6.07) is 1.85. The molecule has 0 saturated carbocycles. The van der Waals surface area contributed by atoms with Gasteiger partial charge in [-0.2, -0.15) is 5.26 Å². The molecule has 0 radical (unpaired) electrons. The van der Waals surface area contributed by atoms with Gasteiger partial charge in [0.05, 0.1) is 12.2 Å². The molecule has 0 bridgehead atoms. The van der Waals surface area contributed by atoms with E-state index in [0.717, 1.165) is 0 Å². The maximum Gasteiger partial charge on any atom is 0.237 e. The van der Waals surface area contributed by atoms with Gasteiger partial charge < -0.3 is 10.1 Å². The molecule has 0 spiro atoms. The van der Waals surface area contributed by atoms with Gasteiger partial charge in [-0.3, -0.25) is 4.79 Å². The van der Waals surface area contributed by atoms with Crippen LogP contribution in [0, 0.1) is 17.2 Å². The molecule has 0 aliphatic heterocycles. The molecule has 0 aromatic heterocycles. The number of rotatable bonds is 4. The Kier molecular flexibility index (Phi) is 5.06. The third kappa shape index (κ3) is 3.94. The van der Waals surface area contributed by atoms with Crippen LogP contribution < -0.4 is 5.32 Å². The quantitative estimate of drug-likeness (QED) is 0.660. The summed E-state index contributed by atoms with van der Waals surface area (Å²) in [4.78, 5) is 11.0. The van der Waals surface area contributed by atoms with E-state index < -0.39 is 5.92 Å². The SMILES string of the molecule is COC(C)CNC(=O)C(C)C#N. The fraction of sp³-hybridized carbons (Fsp3) is 0.750. The molecule has 0 rings (SSSR count). The molecular formula is C8H14N2O2. The highest BCUT2D eigenvalue weighted by molar-refractivity contribution is 5.80. The first kappa shape index (κ1) is 10.9. The lowest BCUT2D eigenvalue weighted by Gasteiger charge is -2.10. The van der Waals surface area contributed by atoms with E-state index in [9.17, 15) is 4.79 Å². The zero-order valence-electron chi connectivity index (χ0n) is 7.63. The molecule has 2 atom stereocenters. The number of amides is 1. The van der Waals surface area contributed by atoms with Gasteiger partial charge in [-0.15, -0.1) is 0 Å². The van der Waals surface area contributed by atoms with E-state index in [2.05, 4.69) is 5.32 Å². The van der Waals surface area contributed by atoms with E-state index in [-0.39, 0.29) is 12.0 Å². The molecule has 4 nitrogen and oxygen atoms in total. The molecule has 0 saturated heterocycles. The Bertz CT molecular complexity index is 186. The number of carbonyl (C=O) groups excluding carboxylic acids is 1. The monoisotopic (exact) mass is 170 g/mol. The van der Waals surface area contributed by atoms with Gasteiger partial charge in [0.1, 0.15) is 5.92 Å². The van der Waals surface area contributed by atoms with Gasteiger partial charge in [-0.1, -0.05) is 0 Å². The Morgan fingerprint density at radius 3 is 2.67 bits per heavy atom. The van der Waals surface area contributed by atoms with E-state index in [4.69, 9.17) is 10.00 Å². The van der Waals surface area contributed by atoms with Gasteiger partial charge in [0.15, 0.2) is 0 Å². The number of ether oxygens (including phenoxy) is 1. The largest absolute Gasteiger partial charge is 0.380 e. The van der Waals surface area contributed by atoms with Gasteiger partial charge >= 0.3 is 0 Å². The minimum Gasteiger partial charge on any atom is -0.380 e. The Morgan fingerprint density at radius 1 is 1.67 bits per heavy atom. The van der Waals surface area contributed by atoms with Crippen molar-refractivity contribution in [2.24, 2.45) is 5.92 Å². The molecule has 68 valence electrons. The summed E-state index contributed by atoms with van der Waals surface area (Å²) < 4.78 is 4.92. The Labute approximate surface area is 72.5 Å². The van der Waals surface area contributed by atoms with Crippen LogP contribution in [-0.4, -0.2) is 25.7 Å². The Morgan fingerprint density at radius 2 is 2.25 bits per heavy atom. The molecule has 0 heterocycles. The van der Waals surface area contributed by atoms with E-state index in [0.29, 0.717) is 6.54 Å². The minimum atomic E-state index is -0.589. The first-order chi connectivity index (χ1) is 5.61. The van der Waals surface area contributed by atoms with E-state index >= 15 is 0 Å². The number of nitriles is 1. The van der Waals surface area contributed by atoms with Crippen LogP contribution in [0.25, 0.3) is 0 Å². The molecule has 0 aromatic carbocycles. The summed E-state index contributed by atoms with van der Waals surface area (Å²) in [6.07, 6.45) is -0.0140. The Balaban J connectivity index is 3.66. The van der Waals surface area contributed by atoms with Crippen molar-refractivity contribution in [3.8, 4) is 6.07 Å². The zero-order valence-corrected chi connectivity index (χ0v) is 7.63.